The first-order valence-corrected chi connectivity index (χ1v) is 12.0. The lowest BCUT2D eigenvalue weighted by Crippen LogP contribution is -2.37. The van der Waals surface area contributed by atoms with Gasteiger partial charge in [-0.25, -0.2) is 23.4 Å². The Morgan fingerprint density at radius 2 is 2.00 bits per heavy atom. The zero-order valence-corrected chi connectivity index (χ0v) is 19.2. The predicted molar refractivity (Wildman–Crippen MR) is 120 cm³/mol. The molecule has 0 saturated carbocycles. The lowest BCUT2D eigenvalue weighted by atomic mass is 10.1. The van der Waals surface area contributed by atoms with E-state index in [2.05, 4.69) is 24.6 Å². The topological polar surface area (TPSA) is 107 Å². The maximum atomic E-state index is 12.8. The molecule has 3 aromatic heterocycles. The number of pyridine rings is 1. The summed E-state index contributed by atoms with van der Waals surface area (Å²) in [6.45, 7) is 4.50. The smallest absolute Gasteiger partial charge is 0.271 e. The van der Waals surface area contributed by atoms with Crippen LogP contribution in [0.1, 0.15) is 5.69 Å². The fourth-order valence-electron chi connectivity index (χ4n) is 3.28. The summed E-state index contributed by atoms with van der Waals surface area (Å²) in [4.78, 5) is 15.2. The van der Waals surface area contributed by atoms with Gasteiger partial charge in [0.05, 0.1) is 30.4 Å². The molecule has 4 rings (SSSR count). The number of hydrogen-bond acceptors (Lipinski definition) is 9. The fourth-order valence-corrected chi connectivity index (χ4v) is 5.81. The van der Waals surface area contributed by atoms with Crippen molar-refractivity contribution >= 4 is 44.5 Å². The summed E-state index contributed by atoms with van der Waals surface area (Å²) in [5.41, 5.74) is 2.41. The molecule has 31 heavy (non-hydrogen) atoms. The van der Waals surface area contributed by atoms with Crippen molar-refractivity contribution in [1.82, 2.24) is 15.0 Å². The highest BCUT2D eigenvalue weighted by atomic mass is 35.5. The Labute approximate surface area is 189 Å². The maximum absolute atomic E-state index is 12.8. The molecule has 1 aliphatic heterocycles. The van der Waals surface area contributed by atoms with Crippen molar-refractivity contribution in [3.05, 3.63) is 40.8 Å². The number of thiophene rings is 1. The first-order chi connectivity index (χ1) is 14.9. The second kappa shape index (κ2) is 8.95. The molecule has 4 heterocycles. The van der Waals surface area contributed by atoms with Gasteiger partial charge in [0.25, 0.3) is 10.0 Å². The quantitative estimate of drug-likeness (QED) is 0.572. The number of anilines is 2. The van der Waals surface area contributed by atoms with Gasteiger partial charge in [0, 0.05) is 30.4 Å². The number of hydrogen-bond donors (Lipinski definition) is 1. The van der Waals surface area contributed by atoms with Crippen molar-refractivity contribution in [2.45, 2.75) is 11.1 Å². The van der Waals surface area contributed by atoms with Gasteiger partial charge >= 0.3 is 0 Å². The molecule has 0 bridgehead atoms. The highest BCUT2D eigenvalue weighted by molar-refractivity contribution is 7.94. The van der Waals surface area contributed by atoms with Crippen LogP contribution >= 0.6 is 22.9 Å². The minimum Gasteiger partial charge on any atom is -0.480 e. The van der Waals surface area contributed by atoms with Crippen LogP contribution in [0.25, 0.3) is 11.1 Å². The number of aryl methyl sites for hydroxylation is 1. The monoisotopic (exact) mass is 481 g/mol. The van der Waals surface area contributed by atoms with E-state index >= 15 is 0 Å². The van der Waals surface area contributed by atoms with Crippen molar-refractivity contribution in [2.24, 2.45) is 0 Å². The molecule has 164 valence electrons. The summed E-state index contributed by atoms with van der Waals surface area (Å²) in [6.07, 6.45) is 3.14. The third-order valence-corrected chi connectivity index (χ3v) is 7.81. The summed E-state index contributed by atoms with van der Waals surface area (Å²) >= 11 is 6.87. The average Bonchev–Trinajstić information content (AvgIpc) is 3.21. The Hall–Kier alpha value is -2.47. The maximum Gasteiger partial charge on any atom is 0.271 e. The number of nitrogens with zero attached hydrogens (tertiary/aromatic N) is 4. The first-order valence-electron chi connectivity index (χ1n) is 9.36. The van der Waals surface area contributed by atoms with Crippen LogP contribution in [0.5, 0.6) is 5.88 Å². The summed E-state index contributed by atoms with van der Waals surface area (Å²) in [5.74, 6) is 0.902. The first kappa shape index (κ1) is 21.8. The number of sulfonamides is 1. The number of rotatable bonds is 6. The normalized spacial score (nSPS) is 14.5. The number of halogens is 1. The predicted octanol–water partition coefficient (Wildman–Crippen LogP) is 3.21. The molecule has 1 aliphatic rings. The van der Waals surface area contributed by atoms with Crippen molar-refractivity contribution in [3.8, 4) is 17.0 Å². The minimum absolute atomic E-state index is 0.0955. The zero-order valence-electron chi connectivity index (χ0n) is 16.8. The van der Waals surface area contributed by atoms with Crippen LogP contribution in [-0.4, -0.2) is 56.8 Å². The van der Waals surface area contributed by atoms with E-state index in [-0.39, 0.29) is 15.8 Å². The van der Waals surface area contributed by atoms with Gasteiger partial charge in [0.1, 0.15) is 22.0 Å². The van der Waals surface area contributed by atoms with Gasteiger partial charge in [0.2, 0.25) is 5.88 Å². The van der Waals surface area contributed by atoms with E-state index in [4.69, 9.17) is 21.1 Å². The Morgan fingerprint density at radius 1 is 1.23 bits per heavy atom. The zero-order chi connectivity index (χ0) is 22.0. The molecule has 0 spiro atoms. The number of ether oxygens (including phenoxy) is 2. The van der Waals surface area contributed by atoms with E-state index in [0.717, 1.165) is 28.4 Å². The lowest BCUT2D eigenvalue weighted by molar-refractivity contribution is 0.122. The molecular weight excluding hydrogens is 462 g/mol. The van der Waals surface area contributed by atoms with E-state index in [0.29, 0.717) is 36.2 Å². The lowest BCUT2D eigenvalue weighted by Gasteiger charge is -2.29. The number of morpholine rings is 1. The van der Waals surface area contributed by atoms with Gasteiger partial charge in [-0.3, -0.25) is 4.72 Å². The molecule has 0 aliphatic carbocycles. The van der Waals surface area contributed by atoms with Crippen molar-refractivity contribution < 1.29 is 17.9 Å². The van der Waals surface area contributed by atoms with Crippen LogP contribution in [0.15, 0.2) is 34.9 Å². The molecule has 3 aromatic rings. The van der Waals surface area contributed by atoms with E-state index in [9.17, 15) is 8.42 Å². The summed E-state index contributed by atoms with van der Waals surface area (Å²) in [7, 11) is -2.43. The molecular formula is C19H20ClN5O4S2. The fraction of sp³-hybridized carbons (Fsp3) is 0.316. The van der Waals surface area contributed by atoms with Gasteiger partial charge in [-0.15, -0.1) is 11.3 Å². The highest BCUT2D eigenvalue weighted by Crippen LogP contribution is 2.36. The third kappa shape index (κ3) is 4.59. The Morgan fingerprint density at radius 3 is 2.68 bits per heavy atom. The number of nitrogens with one attached hydrogen (secondary N) is 1. The van der Waals surface area contributed by atoms with Gasteiger partial charge in [-0.1, -0.05) is 11.6 Å². The molecule has 0 atom stereocenters. The van der Waals surface area contributed by atoms with E-state index in [1.807, 2.05) is 6.92 Å². The van der Waals surface area contributed by atoms with Gasteiger partial charge in [0.15, 0.2) is 0 Å². The van der Waals surface area contributed by atoms with Crippen LogP contribution in [0.3, 0.4) is 0 Å². The molecule has 0 amide bonds. The Bertz CT molecular complexity index is 1200. The second-order valence-corrected chi connectivity index (χ2v) is 10.3. The average molecular weight is 482 g/mol. The van der Waals surface area contributed by atoms with E-state index < -0.39 is 10.0 Å². The summed E-state index contributed by atoms with van der Waals surface area (Å²) in [5, 5.41) is 0. The Kier molecular flexibility index (Phi) is 6.28. The van der Waals surface area contributed by atoms with Crippen LogP contribution in [0, 0.1) is 6.92 Å². The minimum atomic E-state index is -3.86. The molecule has 0 radical (unpaired) electrons. The third-order valence-electron chi connectivity index (χ3n) is 4.72. The van der Waals surface area contributed by atoms with Crippen LogP contribution in [-0.2, 0) is 14.8 Å². The Balaban J connectivity index is 1.76. The number of methoxy groups -OCH3 is 1. The molecule has 9 nitrogen and oxygen atoms in total. The summed E-state index contributed by atoms with van der Waals surface area (Å²) < 4.78 is 39.4. The van der Waals surface area contributed by atoms with Gasteiger partial charge in [-0.2, -0.15) is 0 Å². The van der Waals surface area contributed by atoms with Crippen molar-refractivity contribution in [2.75, 3.05) is 43.0 Å². The van der Waals surface area contributed by atoms with Gasteiger partial charge in [-0.05, 0) is 25.1 Å². The van der Waals surface area contributed by atoms with Crippen LogP contribution in [0.2, 0.25) is 4.34 Å². The van der Waals surface area contributed by atoms with Crippen LogP contribution < -0.4 is 14.4 Å². The highest BCUT2D eigenvalue weighted by Gasteiger charge is 2.23. The van der Waals surface area contributed by atoms with E-state index in [1.54, 1.807) is 12.3 Å². The van der Waals surface area contributed by atoms with Gasteiger partial charge < -0.3 is 14.4 Å². The van der Waals surface area contributed by atoms with Crippen molar-refractivity contribution in [1.29, 1.82) is 0 Å². The molecule has 0 aromatic carbocycles. The standard InChI is InChI=1S/C19H20ClN5O4S2/c1-12-17(18(23-11-22-12)25-5-7-29-8-6-25)13-9-14(19(28-2)21-10-13)24-31(26,27)16-4-3-15(20)30-16/h3-4,9-11,24H,5-8H2,1-2H3. The molecule has 1 N–H and O–H groups in total. The van der Waals surface area contributed by atoms with Crippen LogP contribution in [0.4, 0.5) is 11.5 Å². The van der Waals surface area contributed by atoms with Crippen molar-refractivity contribution in [3.63, 3.8) is 0 Å². The largest absolute Gasteiger partial charge is 0.480 e. The molecule has 12 heteroatoms. The molecule has 1 fully saturated rings. The second-order valence-electron chi connectivity index (χ2n) is 6.70. The molecule has 0 unspecified atom stereocenters. The summed E-state index contributed by atoms with van der Waals surface area (Å²) in [6, 6.07) is 4.66. The molecule has 1 saturated heterocycles. The number of aromatic nitrogens is 3. The van der Waals surface area contributed by atoms with E-state index in [1.165, 1.54) is 25.6 Å². The SMILES string of the molecule is COc1ncc(-c2c(C)ncnc2N2CCOCC2)cc1NS(=O)(=O)c1ccc(Cl)s1.